The fraction of sp³-hybridized carbons (Fsp3) is 0.321. The molecule has 1 N–H and O–H groups in total. The highest BCUT2D eigenvalue weighted by Gasteiger charge is 2.38. The lowest BCUT2D eigenvalue weighted by atomic mass is 10.0. The first kappa shape index (κ1) is 26.3. The van der Waals surface area contributed by atoms with E-state index in [0.717, 1.165) is 22.4 Å². The number of fused-ring (bicyclic) bond motifs is 1. The molecule has 2 atom stereocenters. The van der Waals surface area contributed by atoms with Gasteiger partial charge in [0.05, 0.1) is 37.4 Å². The number of hydrogen-bond donors (Lipinski definition) is 1. The zero-order chi connectivity index (χ0) is 26.7. The number of carbonyl (C=O) groups excluding carboxylic acids is 1. The van der Waals surface area contributed by atoms with Crippen LogP contribution >= 0.6 is 0 Å². The van der Waals surface area contributed by atoms with Gasteiger partial charge in [0, 0.05) is 0 Å². The lowest BCUT2D eigenvalue weighted by Gasteiger charge is -2.35. The van der Waals surface area contributed by atoms with E-state index in [0.29, 0.717) is 23.6 Å². The monoisotopic (exact) mass is 524 g/mol. The molecule has 4 rings (SSSR count). The van der Waals surface area contributed by atoms with Crippen molar-refractivity contribution in [2.24, 2.45) is 0 Å². The Kier molecular flexibility index (Phi) is 7.63. The summed E-state index contributed by atoms with van der Waals surface area (Å²) in [5, 5.41) is 3.05. The van der Waals surface area contributed by atoms with E-state index in [1.54, 1.807) is 31.4 Å². The summed E-state index contributed by atoms with van der Waals surface area (Å²) < 4.78 is 45.2. The molecule has 0 spiro atoms. The van der Waals surface area contributed by atoms with Crippen molar-refractivity contribution in [3.8, 4) is 17.2 Å². The maximum atomic E-state index is 13.7. The summed E-state index contributed by atoms with van der Waals surface area (Å²) in [6, 6.07) is 16.9. The molecule has 2 unspecified atom stereocenters. The second kappa shape index (κ2) is 10.7. The Morgan fingerprint density at radius 2 is 1.78 bits per heavy atom. The van der Waals surface area contributed by atoms with E-state index < -0.39 is 16.1 Å². The lowest BCUT2D eigenvalue weighted by molar-refractivity contribution is -0.128. The number of amides is 1. The summed E-state index contributed by atoms with van der Waals surface area (Å²) in [5.41, 5.74) is 3.18. The van der Waals surface area contributed by atoms with Crippen molar-refractivity contribution in [1.29, 1.82) is 0 Å². The van der Waals surface area contributed by atoms with Crippen LogP contribution in [0.2, 0.25) is 0 Å². The van der Waals surface area contributed by atoms with Gasteiger partial charge in [0.25, 0.3) is 15.9 Å². The fourth-order valence-electron chi connectivity index (χ4n) is 4.40. The molecule has 1 heterocycles. The number of benzene rings is 3. The fourth-order valence-corrected chi connectivity index (χ4v) is 5.88. The number of sulfonamides is 1. The molecule has 0 bridgehead atoms. The minimum atomic E-state index is -3.98. The van der Waals surface area contributed by atoms with Crippen LogP contribution in [0.3, 0.4) is 0 Å². The Balaban J connectivity index is 1.64. The van der Waals surface area contributed by atoms with Crippen LogP contribution in [0, 0.1) is 13.8 Å². The second-order valence-corrected chi connectivity index (χ2v) is 10.9. The van der Waals surface area contributed by atoms with Crippen molar-refractivity contribution in [1.82, 2.24) is 5.32 Å². The number of anilines is 1. The van der Waals surface area contributed by atoms with Crippen molar-refractivity contribution in [3.63, 3.8) is 0 Å². The zero-order valence-corrected chi connectivity index (χ0v) is 22.5. The maximum Gasteiger partial charge on any atom is 0.264 e. The van der Waals surface area contributed by atoms with Crippen LogP contribution in [0.25, 0.3) is 0 Å². The number of nitrogens with zero attached hydrogens (tertiary/aromatic N) is 1. The highest BCUT2D eigenvalue weighted by atomic mass is 32.2. The number of carbonyl (C=O) groups is 1. The van der Waals surface area contributed by atoms with Gasteiger partial charge in [-0.1, -0.05) is 25.1 Å². The minimum Gasteiger partial charge on any atom is -0.497 e. The molecular formula is C28H32N2O6S. The molecule has 0 saturated heterocycles. The molecular weight excluding hydrogens is 492 g/mol. The van der Waals surface area contributed by atoms with E-state index >= 15 is 0 Å². The summed E-state index contributed by atoms with van der Waals surface area (Å²) in [6.45, 7) is 5.65. The number of rotatable bonds is 8. The first-order valence-corrected chi connectivity index (χ1v) is 13.5. The van der Waals surface area contributed by atoms with Crippen LogP contribution in [0.4, 0.5) is 5.69 Å². The third-order valence-corrected chi connectivity index (χ3v) is 8.26. The first-order chi connectivity index (χ1) is 17.7. The predicted molar refractivity (Wildman–Crippen MR) is 142 cm³/mol. The van der Waals surface area contributed by atoms with Gasteiger partial charge < -0.3 is 19.5 Å². The predicted octanol–water partition coefficient (Wildman–Crippen LogP) is 4.54. The summed E-state index contributed by atoms with van der Waals surface area (Å²) in [5.74, 6) is 1.28. The average molecular weight is 525 g/mol. The first-order valence-electron chi connectivity index (χ1n) is 12.1. The molecule has 0 saturated carbocycles. The summed E-state index contributed by atoms with van der Waals surface area (Å²) in [6.07, 6.45) is -0.385. The van der Waals surface area contributed by atoms with Crippen molar-refractivity contribution < 1.29 is 27.4 Å². The van der Waals surface area contributed by atoms with E-state index in [4.69, 9.17) is 14.2 Å². The average Bonchev–Trinajstić information content (AvgIpc) is 2.90. The van der Waals surface area contributed by atoms with Gasteiger partial charge in [-0.25, -0.2) is 8.42 Å². The van der Waals surface area contributed by atoms with Gasteiger partial charge in [-0.3, -0.25) is 9.10 Å². The highest BCUT2D eigenvalue weighted by molar-refractivity contribution is 7.92. The van der Waals surface area contributed by atoms with Crippen molar-refractivity contribution in [2.45, 2.75) is 44.2 Å². The Bertz CT molecular complexity index is 1390. The molecule has 1 aliphatic rings. The van der Waals surface area contributed by atoms with Crippen LogP contribution < -0.4 is 23.8 Å². The number of hydrogen-bond acceptors (Lipinski definition) is 6. The van der Waals surface area contributed by atoms with E-state index in [1.165, 1.54) is 23.5 Å². The van der Waals surface area contributed by atoms with E-state index in [9.17, 15) is 13.2 Å². The molecule has 0 fully saturated rings. The molecule has 0 aromatic heterocycles. The molecule has 1 amide bonds. The molecule has 3 aromatic carbocycles. The van der Waals surface area contributed by atoms with Gasteiger partial charge in [0.2, 0.25) is 0 Å². The van der Waals surface area contributed by atoms with Crippen LogP contribution in [-0.4, -0.2) is 41.2 Å². The Hall–Kier alpha value is -3.72. The molecule has 1 aliphatic heterocycles. The summed E-state index contributed by atoms with van der Waals surface area (Å²) in [7, 11) is -0.840. The molecule has 0 aliphatic carbocycles. The topological polar surface area (TPSA) is 94.2 Å². The summed E-state index contributed by atoms with van der Waals surface area (Å²) >= 11 is 0. The van der Waals surface area contributed by atoms with Crippen molar-refractivity contribution >= 4 is 21.6 Å². The largest absolute Gasteiger partial charge is 0.497 e. The van der Waals surface area contributed by atoms with E-state index in [2.05, 4.69) is 5.32 Å². The van der Waals surface area contributed by atoms with Gasteiger partial charge >= 0.3 is 0 Å². The number of aryl methyl sites for hydroxylation is 2. The maximum absolute atomic E-state index is 13.7. The van der Waals surface area contributed by atoms with Crippen molar-refractivity contribution in [2.75, 3.05) is 25.1 Å². The Labute approximate surface area is 218 Å². The normalized spacial score (nSPS) is 15.8. The van der Waals surface area contributed by atoms with Crippen LogP contribution in [-0.2, 0) is 14.8 Å². The lowest BCUT2D eigenvalue weighted by Crippen LogP contribution is -2.51. The minimum absolute atomic E-state index is 0.0982. The molecule has 8 nitrogen and oxygen atoms in total. The molecule has 196 valence electrons. The highest BCUT2D eigenvalue weighted by Crippen LogP contribution is 2.38. The third-order valence-electron chi connectivity index (χ3n) is 6.47. The Morgan fingerprint density at radius 3 is 2.41 bits per heavy atom. The Morgan fingerprint density at radius 1 is 1.05 bits per heavy atom. The molecule has 3 aromatic rings. The van der Waals surface area contributed by atoms with Crippen LogP contribution in [0.5, 0.6) is 17.2 Å². The SMILES string of the molecule is CCC(NC(=O)C1CN(S(=O)(=O)c2ccc(OC)cc2)c2ccc(C)cc2O1)c1ccc(OC)c(C)c1. The molecule has 9 heteroatoms. The molecule has 37 heavy (non-hydrogen) atoms. The standard InChI is InChI=1S/C28H32N2O6S/c1-6-23(20-8-14-25(35-5)19(3)16-20)29-28(31)27-17-30(24-13-7-18(2)15-26(24)36-27)37(32,33)22-11-9-21(34-4)10-12-22/h7-16,23,27H,6,17H2,1-5H3,(H,29,31). The smallest absolute Gasteiger partial charge is 0.264 e. The van der Waals surface area contributed by atoms with Gasteiger partial charge in [-0.05, 0) is 79.4 Å². The number of methoxy groups -OCH3 is 2. The third kappa shape index (κ3) is 5.36. The number of nitrogens with one attached hydrogen (secondary N) is 1. The van der Waals surface area contributed by atoms with E-state index in [-0.39, 0.29) is 23.4 Å². The van der Waals surface area contributed by atoms with E-state index in [1.807, 2.05) is 45.0 Å². The zero-order valence-electron chi connectivity index (χ0n) is 21.6. The second-order valence-electron chi connectivity index (χ2n) is 8.99. The van der Waals surface area contributed by atoms with Crippen LogP contribution in [0.15, 0.2) is 65.6 Å². The molecule has 0 radical (unpaired) electrons. The van der Waals surface area contributed by atoms with Crippen LogP contribution in [0.1, 0.15) is 36.1 Å². The van der Waals surface area contributed by atoms with Gasteiger partial charge in [-0.15, -0.1) is 0 Å². The van der Waals surface area contributed by atoms with Crippen molar-refractivity contribution in [3.05, 3.63) is 77.4 Å². The van der Waals surface area contributed by atoms with Gasteiger partial charge in [0.1, 0.15) is 17.2 Å². The quantitative estimate of drug-likeness (QED) is 0.465. The van der Waals surface area contributed by atoms with Gasteiger partial charge in [-0.2, -0.15) is 0 Å². The number of ether oxygens (including phenoxy) is 3. The van der Waals surface area contributed by atoms with Gasteiger partial charge in [0.15, 0.2) is 6.10 Å². The summed E-state index contributed by atoms with van der Waals surface area (Å²) in [4.78, 5) is 13.5.